The smallest absolute Gasteiger partial charge is 0.265 e. The summed E-state index contributed by atoms with van der Waals surface area (Å²) < 4.78 is 11.2. The summed E-state index contributed by atoms with van der Waals surface area (Å²) in [6.07, 6.45) is 2.34. The standard InChI is InChI=1S/C11H20N4O2S2/c1-7(19(4)17)5-6-13-10(16)8-9(12)14-11(18-8)15(2)3/h7H,5-6,12H2,1-4H3,(H,13,16). The SMILES string of the molecule is CC(CCNC(=O)c1sc(N(C)C)nc1N)S(C)=O. The van der Waals surface area contributed by atoms with E-state index in [-0.39, 0.29) is 17.0 Å². The van der Waals surface area contributed by atoms with Gasteiger partial charge in [0.2, 0.25) is 0 Å². The summed E-state index contributed by atoms with van der Waals surface area (Å²) in [5.74, 6) is 0.0236. The van der Waals surface area contributed by atoms with E-state index in [1.54, 1.807) is 11.2 Å². The normalized spacial score (nSPS) is 13.9. The number of nitrogens with zero attached hydrogens (tertiary/aromatic N) is 2. The lowest BCUT2D eigenvalue weighted by atomic mass is 10.3. The van der Waals surface area contributed by atoms with Gasteiger partial charge in [-0.25, -0.2) is 4.98 Å². The summed E-state index contributed by atoms with van der Waals surface area (Å²) in [6.45, 7) is 2.38. The van der Waals surface area contributed by atoms with Crippen LogP contribution in [0.4, 0.5) is 10.9 Å². The maximum absolute atomic E-state index is 11.9. The Morgan fingerprint density at radius 2 is 2.21 bits per heavy atom. The molecule has 0 saturated heterocycles. The zero-order valence-electron chi connectivity index (χ0n) is 11.6. The number of hydrogen-bond acceptors (Lipinski definition) is 6. The molecule has 0 fully saturated rings. The average molecular weight is 304 g/mol. The van der Waals surface area contributed by atoms with Crippen LogP contribution in [0.3, 0.4) is 0 Å². The molecule has 0 aliphatic heterocycles. The number of carbonyl (C=O) groups is 1. The summed E-state index contributed by atoms with van der Waals surface area (Å²) in [7, 11) is 2.82. The molecule has 0 aliphatic carbocycles. The van der Waals surface area contributed by atoms with Gasteiger partial charge in [-0.3, -0.25) is 9.00 Å². The van der Waals surface area contributed by atoms with E-state index in [1.807, 2.05) is 21.0 Å². The van der Waals surface area contributed by atoms with Gasteiger partial charge in [-0.1, -0.05) is 18.3 Å². The van der Waals surface area contributed by atoms with Crippen molar-refractivity contribution < 1.29 is 9.00 Å². The molecule has 0 spiro atoms. The Morgan fingerprint density at radius 3 is 2.68 bits per heavy atom. The molecule has 0 bridgehead atoms. The number of carbonyl (C=O) groups excluding carboxylic acids is 1. The predicted octanol–water partition coefficient (Wildman–Crippen LogP) is 0.678. The lowest BCUT2D eigenvalue weighted by molar-refractivity contribution is 0.0958. The van der Waals surface area contributed by atoms with Gasteiger partial charge in [-0.15, -0.1) is 0 Å². The van der Waals surface area contributed by atoms with Crippen LogP contribution in [0.1, 0.15) is 23.0 Å². The molecule has 0 saturated carbocycles. The molecule has 2 atom stereocenters. The molecule has 19 heavy (non-hydrogen) atoms. The molecular formula is C11H20N4O2S2. The molecule has 1 heterocycles. The molecule has 2 unspecified atom stereocenters. The van der Waals surface area contributed by atoms with Crippen molar-refractivity contribution >= 4 is 39.0 Å². The van der Waals surface area contributed by atoms with Crippen LogP contribution >= 0.6 is 11.3 Å². The van der Waals surface area contributed by atoms with Crippen LogP contribution in [-0.4, -0.2) is 47.2 Å². The second-order valence-corrected chi connectivity index (χ2v) is 7.24. The van der Waals surface area contributed by atoms with Crippen LogP contribution < -0.4 is 16.0 Å². The van der Waals surface area contributed by atoms with Crippen molar-refractivity contribution in [1.29, 1.82) is 0 Å². The molecule has 1 rings (SSSR count). The number of thiazole rings is 1. The van der Waals surface area contributed by atoms with Gasteiger partial charge in [-0.05, 0) is 6.42 Å². The first-order valence-corrected chi connectivity index (χ1v) is 8.30. The summed E-state index contributed by atoms with van der Waals surface area (Å²) in [4.78, 5) is 18.3. The highest BCUT2D eigenvalue weighted by Gasteiger charge is 2.17. The summed E-state index contributed by atoms with van der Waals surface area (Å²) >= 11 is 1.26. The van der Waals surface area contributed by atoms with Gasteiger partial charge in [0.05, 0.1) is 0 Å². The van der Waals surface area contributed by atoms with E-state index in [2.05, 4.69) is 10.3 Å². The lowest BCUT2D eigenvalue weighted by Gasteiger charge is -2.08. The number of nitrogens with two attached hydrogens (primary N) is 1. The minimum atomic E-state index is -0.868. The molecule has 6 nitrogen and oxygen atoms in total. The van der Waals surface area contributed by atoms with Crippen LogP contribution in [0.25, 0.3) is 0 Å². The van der Waals surface area contributed by atoms with Gasteiger partial charge in [-0.2, -0.15) is 0 Å². The third-order valence-corrected chi connectivity index (χ3v) is 5.24. The van der Waals surface area contributed by atoms with Crippen LogP contribution in [0.5, 0.6) is 0 Å². The number of amides is 1. The lowest BCUT2D eigenvalue weighted by Crippen LogP contribution is -2.27. The summed E-state index contributed by atoms with van der Waals surface area (Å²) in [5.41, 5.74) is 5.72. The molecule has 0 radical (unpaired) electrons. The minimum absolute atomic E-state index is 0.0662. The van der Waals surface area contributed by atoms with Crippen molar-refractivity contribution in [3.63, 3.8) is 0 Å². The highest BCUT2D eigenvalue weighted by Crippen LogP contribution is 2.26. The van der Waals surface area contributed by atoms with Gasteiger partial charge in [0, 0.05) is 42.9 Å². The maximum atomic E-state index is 11.9. The van der Waals surface area contributed by atoms with Gasteiger partial charge < -0.3 is 16.0 Å². The Balaban J connectivity index is 2.56. The molecule has 1 aromatic rings. The quantitative estimate of drug-likeness (QED) is 0.807. The van der Waals surface area contributed by atoms with E-state index in [0.717, 1.165) is 0 Å². The van der Waals surface area contributed by atoms with Crippen molar-refractivity contribution in [2.45, 2.75) is 18.6 Å². The van der Waals surface area contributed by atoms with E-state index in [0.29, 0.717) is 23.0 Å². The number of hydrogen-bond donors (Lipinski definition) is 2. The van der Waals surface area contributed by atoms with Gasteiger partial charge in [0.15, 0.2) is 5.13 Å². The number of nitrogens with one attached hydrogen (secondary N) is 1. The molecule has 108 valence electrons. The maximum Gasteiger partial charge on any atom is 0.265 e. The predicted molar refractivity (Wildman–Crippen MR) is 81.3 cm³/mol. The van der Waals surface area contributed by atoms with Crippen molar-refractivity contribution in [2.75, 3.05) is 37.5 Å². The third kappa shape index (κ3) is 4.46. The second-order valence-electron chi connectivity index (χ2n) is 4.46. The fourth-order valence-corrected chi connectivity index (χ4v) is 2.58. The van der Waals surface area contributed by atoms with E-state index < -0.39 is 10.8 Å². The zero-order chi connectivity index (χ0) is 14.6. The van der Waals surface area contributed by atoms with Crippen molar-refractivity contribution in [3.05, 3.63) is 4.88 Å². The fourth-order valence-electron chi connectivity index (χ4n) is 1.31. The van der Waals surface area contributed by atoms with Gasteiger partial charge in [0.25, 0.3) is 5.91 Å². The molecule has 8 heteroatoms. The molecular weight excluding hydrogens is 284 g/mol. The Kier molecular flexibility index (Phi) is 5.74. The first-order chi connectivity index (χ1) is 8.82. The molecule has 3 N–H and O–H groups in total. The van der Waals surface area contributed by atoms with E-state index in [9.17, 15) is 9.00 Å². The largest absolute Gasteiger partial charge is 0.382 e. The highest BCUT2D eigenvalue weighted by molar-refractivity contribution is 7.84. The Bertz CT molecular complexity index is 473. The van der Waals surface area contributed by atoms with E-state index in [4.69, 9.17) is 5.73 Å². The molecule has 0 aliphatic rings. The third-order valence-electron chi connectivity index (χ3n) is 2.63. The summed E-state index contributed by atoms with van der Waals surface area (Å²) in [5, 5.41) is 3.54. The first kappa shape index (κ1) is 15.9. The fraction of sp³-hybridized carbons (Fsp3) is 0.636. The van der Waals surface area contributed by atoms with Gasteiger partial charge in [0.1, 0.15) is 10.7 Å². The highest BCUT2D eigenvalue weighted by atomic mass is 32.2. The summed E-state index contributed by atoms with van der Waals surface area (Å²) in [6, 6.07) is 0. The van der Waals surface area contributed by atoms with E-state index in [1.165, 1.54) is 11.3 Å². The Hall–Kier alpha value is -1.15. The molecule has 0 aromatic carbocycles. The average Bonchev–Trinajstić information content (AvgIpc) is 2.71. The van der Waals surface area contributed by atoms with Crippen molar-refractivity contribution in [2.24, 2.45) is 0 Å². The zero-order valence-corrected chi connectivity index (χ0v) is 13.2. The first-order valence-electron chi connectivity index (χ1n) is 5.87. The minimum Gasteiger partial charge on any atom is -0.382 e. The van der Waals surface area contributed by atoms with Crippen LogP contribution in [-0.2, 0) is 10.8 Å². The van der Waals surface area contributed by atoms with Crippen LogP contribution in [0.15, 0.2) is 0 Å². The number of anilines is 2. The van der Waals surface area contributed by atoms with Crippen molar-refractivity contribution in [3.8, 4) is 0 Å². The van der Waals surface area contributed by atoms with Crippen LogP contribution in [0, 0.1) is 0 Å². The molecule has 1 aromatic heterocycles. The number of nitrogen functional groups attached to an aromatic ring is 1. The second kappa shape index (κ2) is 6.85. The van der Waals surface area contributed by atoms with Gasteiger partial charge >= 0.3 is 0 Å². The number of aromatic nitrogens is 1. The monoisotopic (exact) mass is 304 g/mol. The van der Waals surface area contributed by atoms with Crippen molar-refractivity contribution in [1.82, 2.24) is 10.3 Å². The van der Waals surface area contributed by atoms with E-state index >= 15 is 0 Å². The number of rotatable bonds is 6. The van der Waals surface area contributed by atoms with Crippen LogP contribution in [0.2, 0.25) is 0 Å². The Labute approximate surface area is 119 Å². The Morgan fingerprint density at radius 1 is 1.58 bits per heavy atom. The molecule has 1 amide bonds. The topological polar surface area (TPSA) is 88.3 Å².